The number of H-pyrrole nitrogens is 1. The van der Waals surface area contributed by atoms with Crippen molar-refractivity contribution in [3.05, 3.63) is 140 Å². The molecule has 1 aliphatic rings. The molecule has 230 valence electrons. The van der Waals surface area contributed by atoms with Gasteiger partial charge in [0.2, 0.25) is 0 Å². The van der Waals surface area contributed by atoms with Crippen LogP contribution in [0.5, 0.6) is 0 Å². The summed E-state index contributed by atoms with van der Waals surface area (Å²) in [5, 5.41) is 0. The van der Waals surface area contributed by atoms with Gasteiger partial charge in [0, 0.05) is 18.2 Å². The number of ketones is 1. The van der Waals surface area contributed by atoms with Gasteiger partial charge in [-0.25, -0.2) is 23.7 Å². The Balaban J connectivity index is 1.54. The molecule has 1 aromatic heterocycles. The molecule has 12 heteroatoms. The summed E-state index contributed by atoms with van der Waals surface area (Å²) >= 11 is 0. The number of benzene rings is 3. The second-order valence-electron chi connectivity index (χ2n) is 10.2. The number of esters is 3. The van der Waals surface area contributed by atoms with E-state index in [-0.39, 0.29) is 34.6 Å². The largest absolute Gasteiger partial charge is 0.459 e. The molecule has 0 spiro atoms. The molecule has 1 fully saturated rings. The van der Waals surface area contributed by atoms with E-state index in [4.69, 9.17) is 18.9 Å². The number of nitrogens with one attached hydrogen (secondary N) is 1. The maximum Gasteiger partial charge on any atom is 0.338 e. The summed E-state index contributed by atoms with van der Waals surface area (Å²) in [6, 6.07) is 25.0. The summed E-state index contributed by atoms with van der Waals surface area (Å²) in [5.41, 5.74) is -1.20. The normalized spacial score (nSPS) is 19.0. The second kappa shape index (κ2) is 13.8. The van der Waals surface area contributed by atoms with Crippen molar-refractivity contribution in [2.75, 3.05) is 6.61 Å². The molecule has 12 nitrogen and oxygen atoms in total. The van der Waals surface area contributed by atoms with Crippen molar-refractivity contribution >= 4 is 23.7 Å². The lowest BCUT2D eigenvalue weighted by molar-refractivity contribution is -0.116. The van der Waals surface area contributed by atoms with Gasteiger partial charge in [0.1, 0.15) is 18.5 Å². The van der Waals surface area contributed by atoms with Crippen molar-refractivity contribution in [2.24, 2.45) is 0 Å². The Morgan fingerprint density at radius 3 is 1.71 bits per heavy atom. The fraction of sp³-hybridized carbons (Fsp3) is 0.212. The summed E-state index contributed by atoms with van der Waals surface area (Å²) in [6.07, 6.45) is -6.09. The van der Waals surface area contributed by atoms with Crippen LogP contribution in [0.3, 0.4) is 0 Å². The first-order valence-corrected chi connectivity index (χ1v) is 13.9. The molecule has 2 heterocycles. The molecule has 0 unspecified atom stereocenters. The van der Waals surface area contributed by atoms with Crippen molar-refractivity contribution in [3.63, 3.8) is 0 Å². The Labute approximate surface area is 256 Å². The lowest BCUT2D eigenvalue weighted by Gasteiger charge is -2.25. The highest BCUT2D eigenvalue weighted by Gasteiger charge is 2.52. The van der Waals surface area contributed by atoms with Crippen LogP contribution in [0.15, 0.2) is 107 Å². The Bertz CT molecular complexity index is 1770. The number of aromatic nitrogens is 2. The fourth-order valence-electron chi connectivity index (χ4n) is 4.82. The SMILES string of the molecule is CC(=O)Cc1cc(=O)n([C@@H]2O[C@@H](COC(=O)c3ccccc3)[C@@H](OC(=O)c3ccccc3)[C@@H]2OC(=O)c2ccccc2)c(=O)[nH]1. The van der Waals surface area contributed by atoms with E-state index in [1.807, 2.05) is 0 Å². The molecular weight excluding hydrogens is 584 g/mol. The van der Waals surface area contributed by atoms with Gasteiger partial charge in [-0.15, -0.1) is 0 Å². The summed E-state index contributed by atoms with van der Waals surface area (Å²) < 4.78 is 23.8. The van der Waals surface area contributed by atoms with Crippen molar-refractivity contribution < 1.29 is 38.1 Å². The van der Waals surface area contributed by atoms with Gasteiger partial charge in [0.05, 0.1) is 16.7 Å². The molecule has 1 N–H and O–H groups in total. The zero-order chi connectivity index (χ0) is 31.9. The summed E-state index contributed by atoms with van der Waals surface area (Å²) in [6.45, 7) is 0.807. The monoisotopic (exact) mass is 612 g/mol. The van der Waals surface area contributed by atoms with Crippen LogP contribution in [0.4, 0.5) is 0 Å². The number of Topliss-reactive ketones (excluding diaryl/α,β-unsaturated/α-hetero) is 1. The van der Waals surface area contributed by atoms with Crippen LogP contribution in [-0.2, 0) is 30.2 Å². The highest BCUT2D eigenvalue weighted by Crippen LogP contribution is 2.34. The van der Waals surface area contributed by atoms with E-state index < -0.39 is 60.3 Å². The maximum absolute atomic E-state index is 13.3. The van der Waals surface area contributed by atoms with E-state index >= 15 is 0 Å². The predicted molar refractivity (Wildman–Crippen MR) is 158 cm³/mol. The zero-order valence-electron chi connectivity index (χ0n) is 24.0. The molecule has 5 rings (SSSR count). The van der Waals surface area contributed by atoms with Crippen molar-refractivity contribution in [3.8, 4) is 0 Å². The number of nitrogens with zero attached hydrogens (tertiary/aromatic N) is 1. The third-order valence-electron chi connectivity index (χ3n) is 6.89. The first-order chi connectivity index (χ1) is 21.7. The molecule has 3 aromatic carbocycles. The van der Waals surface area contributed by atoms with Gasteiger partial charge in [0.15, 0.2) is 18.4 Å². The Kier molecular flexibility index (Phi) is 9.44. The van der Waals surface area contributed by atoms with E-state index in [1.165, 1.54) is 31.2 Å². The number of rotatable bonds is 10. The molecule has 1 aliphatic heterocycles. The van der Waals surface area contributed by atoms with Crippen LogP contribution in [-0.4, -0.2) is 58.2 Å². The summed E-state index contributed by atoms with van der Waals surface area (Å²) in [7, 11) is 0. The van der Waals surface area contributed by atoms with Crippen LogP contribution < -0.4 is 11.2 Å². The molecule has 45 heavy (non-hydrogen) atoms. The number of ether oxygens (including phenoxy) is 4. The quantitative estimate of drug-likeness (QED) is 0.208. The lowest BCUT2D eigenvalue weighted by atomic mass is 10.1. The van der Waals surface area contributed by atoms with E-state index in [2.05, 4.69) is 4.98 Å². The number of aromatic amines is 1. The van der Waals surface area contributed by atoms with Crippen molar-refractivity contribution in [2.45, 2.75) is 37.9 Å². The topological polar surface area (TPSA) is 160 Å². The molecule has 0 aliphatic carbocycles. The van der Waals surface area contributed by atoms with E-state index in [1.54, 1.807) is 66.7 Å². The molecule has 0 saturated carbocycles. The van der Waals surface area contributed by atoms with Gasteiger partial charge in [-0.2, -0.15) is 0 Å². The Morgan fingerprint density at radius 2 is 1.22 bits per heavy atom. The van der Waals surface area contributed by atoms with E-state index in [0.29, 0.717) is 4.57 Å². The van der Waals surface area contributed by atoms with Crippen LogP contribution in [0.1, 0.15) is 49.9 Å². The Morgan fingerprint density at radius 1 is 0.733 bits per heavy atom. The third-order valence-corrected chi connectivity index (χ3v) is 6.89. The minimum atomic E-state index is -1.62. The average molecular weight is 613 g/mol. The third kappa shape index (κ3) is 7.31. The molecule has 0 radical (unpaired) electrons. The number of carbonyl (C=O) groups excluding carboxylic acids is 4. The van der Waals surface area contributed by atoms with Crippen molar-refractivity contribution in [1.82, 2.24) is 9.55 Å². The molecule has 0 bridgehead atoms. The molecular formula is C33H28N2O10. The van der Waals surface area contributed by atoms with Gasteiger partial charge in [-0.3, -0.25) is 9.59 Å². The standard InChI is InChI=1S/C33H28N2O10/c1-20(36)17-24-18-26(37)35(33(41)34-24)29-28(45-32(40)23-15-9-4-10-16-23)27(44-31(39)22-13-7-3-8-14-22)25(43-29)19-42-30(38)21-11-5-2-6-12-21/h2-16,18,25,27-29H,17,19H2,1H3,(H,34,41)/t25-,27+,28-,29+/m0/s1. The van der Waals surface area contributed by atoms with Crippen LogP contribution >= 0.6 is 0 Å². The lowest BCUT2D eigenvalue weighted by Crippen LogP contribution is -2.46. The van der Waals surface area contributed by atoms with Crippen molar-refractivity contribution in [1.29, 1.82) is 0 Å². The van der Waals surface area contributed by atoms with Gasteiger partial charge in [-0.05, 0) is 43.3 Å². The smallest absolute Gasteiger partial charge is 0.338 e. The van der Waals surface area contributed by atoms with Gasteiger partial charge in [-0.1, -0.05) is 54.6 Å². The number of carbonyl (C=O) groups is 4. The summed E-state index contributed by atoms with van der Waals surface area (Å²) in [5.74, 6) is -2.67. The minimum Gasteiger partial charge on any atom is -0.459 e. The van der Waals surface area contributed by atoms with Gasteiger partial charge < -0.3 is 23.9 Å². The molecule has 0 amide bonds. The molecule has 4 atom stereocenters. The van der Waals surface area contributed by atoms with Crippen LogP contribution in [0.25, 0.3) is 0 Å². The molecule has 4 aromatic rings. The first-order valence-electron chi connectivity index (χ1n) is 13.9. The highest BCUT2D eigenvalue weighted by atomic mass is 16.7. The number of hydrogen-bond acceptors (Lipinski definition) is 10. The van der Waals surface area contributed by atoms with Gasteiger partial charge in [0.25, 0.3) is 5.56 Å². The second-order valence-corrected chi connectivity index (χ2v) is 10.2. The Hall–Kier alpha value is -5.62. The zero-order valence-corrected chi connectivity index (χ0v) is 24.0. The summed E-state index contributed by atoms with van der Waals surface area (Å²) in [4.78, 5) is 79.8. The predicted octanol–water partition coefficient (Wildman–Crippen LogP) is 2.87. The molecule has 1 saturated heterocycles. The van der Waals surface area contributed by atoms with Gasteiger partial charge >= 0.3 is 23.6 Å². The minimum absolute atomic E-state index is 0.0740. The number of hydrogen-bond donors (Lipinski definition) is 1. The maximum atomic E-state index is 13.3. The van der Waals surface area contributed by atoms with E-state index in [9.17, 15) is 28.8 Å². The first kappa shape index (κ1) is 30.8. The fourth-order valence-corrected chi connectivity index (χ4v) is 4.82. The highest BCUT2D eigenvalue weighted by molar-refractivity contribution is 5.91. The average Bonchev–Trinajstić information content (AvgIpc) is 3.35. The van der Waals surface area contributed by atoms with E-state index in [0.717, 1.165) is 6.07 Å². The van der Waals surface area contributed by atoms with Crippen LogP contribution in [0, 0.1) is 0 Å². The van der Waals surface area contributed by atoms with Crippen LogP contribution in [0.2, 0.25) is 0 Å².